The molecule has 1 amide bonds. The number of carbonyl (C=O) groups is 2. The Hall–Kier alpha value is -2.36. The van der Waals surface area contributed by atoms with Crippen LogP contribution in [0.2, 0.25) is 0 Å². The number of halogens is 1. The van der Waals surface area contributed by atoms with Crippen LogP contribution < -0.4 is 9.47 Å². The van der Waals surface area contributed by atoms with Crippen molar-refractivity contribution in [3.05, 3.63) is 63.0 Å². The maximum atomic E-state index is 12.9. The average molecular weight is 522 g/mol. The standard InChI is InChI=1S/C22H20BrNO5S2/c1-3-28-19(25)13-29-20-16(23)9-15(10-17(20)27-2)11-18-21(26)24(22(30)31-18)12-14-7-5-4-6-8-14/h4-11H,3,12-13H2,1-2H3/b18-11+. The molecule has 1 heterocycles. The molecule has 2 aromatic carbocycles. The summed E-state index contributed by atoms with van der Waals surface area (Å²) in [5, 5.41) is 0. The van der Waals surface area contributed by atoms with Crippen molar-refractivity contribution >= 4 is 62.2 Å². The van der Waals surface area contributed by atoms with Gasteiger partial charge in [0.05, 0.1) is 29.6 Å². The number of benzene rings is 2. The summed E-state index contributed by atoms with van der Waals surface area (Å²) in [5.41, 5.74) is 1.74. The Morgan fingerprint density at radius 1 is 1.26 bits per heavy atom. The lowest BCUT2D eigenvalue weighted by atomic mass is 10.1. The molecule has 0 aliphatic carbocycles. The minimum atomic E-state index is -0.470. The predicted octanol–water partition coefficient (Wildman–Crippen LogP) is 4.80. The Balaban J connectivity index is 1.79. The van der Waals surface area contributed by atoms with E-state index in [1.165, 1.54) is 18.9 Å². The highest BCUT2D eigenvalue weighted by Gasteiger charge is 2.32. The van der Waals surface area contributed by atoms with Crippen molar-refractivity contribution in [1.82, 2.24) is 4.90 Å². The van der Waals surface area contributed by atoms with Crippen molar-refractivity contribution < 1.29 is 23.8 Å². The van der Waals surface area contributed by atoms with E-state index in [1.54, 1.807) is 30.0 Å². The number of nitrogens with zero attached hydrogens (tertiary/aromatic N) is 1. The van der Waals surface area contributed by atoms with Crippen LogP contribution in [-0.4, -0.2) is 41.4 Å². The molecule has 0 radical (unpaired) electrons. The van der Waals surface area contributed by atoms with Gasteiger partial charge in [0.25, 0.3) is 5.91 Å². The lowest BCUT2D eigenvalue weighted by Gasteiger charge is -2.14. The van der Waals surface area contributed by atoms with Gasteiger partial charge in [0.2, 0.25) is 0 Å². The molecule has 3 rings (SSSR count). The summed E-state index contributed by atoms with van der Waals surface area (Å²) in [5.74, 6) is 0.188. The Morgan fingerprint density at radius 3 is 2.68 bits per heavy atom. The van der Waals surface area contributed by atoms with Crippen LogP contribution in [0.15, 0.2) is 51.8 Å². The molecule has 162 valence electrons. The number of thioether (sulfide) groups is 1. The van der Waals surface area contributed by atoms with Crippen molar-refractivity contribution in [1.29, 1.82) is 0 Å². The number of ether oxygens (including phenoxy) is 3. The summed E-state index contributed by atoms with van der Waals surface area (Å²) in [6.07, 6.45) is 1.76. The molecule has 0 aromatic heterocycles. The van der Waals surface area contributed by atoms with Gasteiger partial charge in [-0.1, -0.05) is 54.3 Å². The number of esters is 1. The van der Waals surface area contributed by atoms with Gasteiger partial charge in [0.15, 0.2) is 18.1 Å². The van der Waals surface area contributed by atoms with Gasteiger partial charge in [-0.15, -0.1) is 0 Å². The van der Waals surface area contributed by atoms with E-state index in [4.69, 9.17) is 26.4 Å². The normalized spacial score (nSPS) is 14.8. The third-order valence-corrected chi connectivity index (χ3v) is 6.21. The second-order valence-corrected chi connectivity index (χ2v) is 8.91. The van der Waals surface area contributed by atoms with Crippen LogP contribution in [-0.2, 0) is 20.9 Å². The number of hydrogen-bond acceptors (Lipinski definition) is 7. The van der Waals surface area contributed by atoms with Gasteiger partial charge in [0, 0.05) is 0 Å². The fraction of sp³-hybridized carbons (Fsp3) is 0.227. The van der Waals surface area contributed by atoms with E-state index in [-0.39, 0.29) is 19.1 Å². The van der Waals surface area contributed by atoms with E-state index in [1.807, 2.05) is 30.3 Å². The van der Waals surface area contributed by atoms with Crippen molar-refractivity contribution in [3.8, 4) is 11.5 Å². The lowest BCUT2D eigenvalue weighted by Crippen LogP contribution is -2.27. The molecule has 0 atom stereocenters. The molecule has 0 bridgehead atoms. The van der Waals surface area contributed by atoms with Gasteiger partial charge in [-0.25, -0.2) is 4.79 Å². The molecule has 0 N–H and O–H groups in total. The van der Waals surface area contributed by atoms with Crippen LogP contribution in [0, 0.1) is 0 Å². The second kappa shape index (κ2) is 10.8. The monoisotopic (exact) mass is 521 g/mol. The molecule has 1 aliphatic rings. The lowest BCUT2D eigenvalue weighted by molar-refractivity contribution is -0.145. The summed E-state index contributed by atoms with van der Waals surface area (Å²) in [4.78, 5) is 26.6. The third kappa shape index (κ3) is 5.87. The number of thiocarbonyl (C=S) groups is 1. The Kier molecular flexibility index (Phi) is 8.11. The Morgan fingerprint density at radius 2 is 2.00 bits per heavy atom. The Bertz CT molecular complexity index is 1030. The zero-order valence-corrected chi connectivity index (χ0v) is 20.1. The smallest absolute Gasteiger partial charge is 0.344 e. The van der Waals surface area contributed by atoms with Crippen LogP contribution in [0.4, 0.5) is 0 Å². The number of hydrogen-bond donors (Lipinski definition) is 0. The van der Waals surface area contributed by atoms with E-state index in [9.17, 15) is 9.59 Å². The molecule has 9 heteroatoms. The molecule has 0 unspecified atom stereocenters. The highest BCUT2D eigenvalue weighted by molar-refractivity contribution is 9.10. The third-order valence-electron chi connectivity index (χ3n) is 4.25. The maximum Gasteiger partial charge on any atom is 0.344 e. The molecule has 0 spiro atoms. The largest absolute Gasteiger partial charge is 0.493 e. The molecule has 0 saturated carbocycles. The summed E-state index contributed by atoms with van der Waals surface area (Å²) in [6, 6.07) is 13.2. The maximum absolute atomic E-state index is 12.9. The van der Waals surface area contributed by atoms with E-state index in [0.29, 0.717) is 31.7 Å². The fourth-order valence-electron chi connectivity index (χ4n) is 2.85. The summed E-state index contributed by atoms with van der Waals surface area (Å²) >= 11 is 10.1. The van der Waals surface area contributed by atoms with Crippen molar-refractivity contribution in [2.75, 3.05) is 20.3 Å². The Labute approximate surface area is 198 Å². The quantitative estimate of drug-likeness (QED) is 0.280. The molecular weight excluding hydrogens is 502 g/mol. The van der Waals surface area contributed by atoms with Crippen molar-refractivity contribution in [3.63, 3.8) is 0 Å². The van der Waals surface area contributed by atoms with Crippen molar-refractivity contribution in [2.24, 2.45) is 0 Å². The molecule has 2 aromatic rings. The SMILES string of the molecule is CCOC(=O)COc1c(Br)cc(/C=C2/SC(=S)N(Cc3ccccc3)C2=O)cc1OC. The minimum Gasteiger partial charge on any atom is -0.493 e. The van der Waals surface area contributed by atoms with Gasteiger partial charge in [-0.05, 0) is 52.2 Å². The highest BCUT2D eigenvalue weighted by atomic mass is 79.9. The zero-order chi connectivity index (χ0) is 22.4. The number of carbonyl (C=O) groups excluding carboxylic acids is 2. The molecular formula is C22H20BrNO5S2. The van der Waals surface area contributed by atoms with Gasteiger partial charge in [-0.2, -0.15) is 0 Å². The summed E-state index contributed by atoms with van der Waals surface area (Å²) in [6.45, 7) is 2.20. The topological polar surface area (TPSA) is 65.1 Å². The molecule has 1 aliphatic heterocycles. The average Bonchev–Trinajstić information content (AvgIpc) is 3.01. The van der Waals surface area contributed by atoms with Gasteiger partial charge >= 0.3 is 5.97 Å². The first-order chi connectivity index (χ1) is 14.9. The van der Waals surface area contributed by atoms with E-state index < -0.39 is 5.97 Å². The second-order valence-electron chi connectivity index (χ2n) is 6.38. The zero-order valence-electron chi connectivity index (χ0n) is 16.9. The first kappa shape index (κ1) is 23.3. The van der Waals surface area contributed by atoms with Gasteiger partial charge in [-0.3, -0.25) is 9.69 Å². The van der Waals surface area contributed by atoms with E-state index in [0.717, 1.165) is 11.1 Å². The van der Waals surface area contributed by atoms with Gasteiger partial charge in [0.1, 0.15) is 4.32 Å². The van der Waals surface area contributed by atoms with Crippen LogP contribution in [0.25, 0.3) is 6.08 Å². The number of methoxy groups -OCH3 is 1. The van der Waals surface area contributed by atoms with Crippen LogP contribution in [0.3, 0.4) is 0 Å². The fourth-order valence-corrected chi connectivity index (χ4v) is 4.68. The first-order valence-corrected chi connectivity index (χ1v) is 11.4. The predicted molar refractivity (Wildman–Crippen MR) is 128 cm³/mol. The molecule has 1 saturated heterocycles. The molecule has 1 fully saturated rings. The first-order valence-electron chi connectivity index (χ1n) is 9.38. The number of rotatable bonds is 8. The molecule has 31 heavy (non-hydrogen) atoms. The molecule has 6 nitrogen and oxygen atoms in total. The summed E-state index contributed by atoms with van der Waals surface area (Å²) < 4.78 is 16.9. The van der Waals surface area contributed by atoms with E-state index >= 15 is 0 Å². The van der Waals surface area contributed by atoms with Crippen LogP contribution in [0.5, 0.6) is 11.5 Å². The van der Waals surface area contributed by atoms with E-state index in [2.05, 4.69) is 15.9 Å². The van der Waals surface area contributed by atoms with Crippen LogP contribution in [0.1, 0.15) is 18.1 Å². The minimum absolute atomic E-state index is 0.142. The van der Waals surface area contributed by atoms with Gasteiger partial charge < -0.3 is 14.2 Å². The van der Waals surface area contributed by atoms with Crippen LogP contribution >= 0.6 is 39.9 Å². The highest BCUT2D eigenvalue weighted by Crippen LogP contribution is 2.39. The summed E-state index contributed by atoms with van der Waals surface area (Å²) in [7, 11) is 1.50. The number of amides is 1. The van der Waals surface area contributed by atoms with Crippen molar-refractivity contribution in [2.45, 2.75) is 13.5 Å².